The molecule has 6 heteroatoms. The summed E-state index contributed by atoms with van der Waals surface area (Å²) in [5.41, 5.74) is 1.16. The summed E-state index contributed by atoms with van der Waals surface area (Å²) in [6, 6.07) is 15.5. The number of amides is 1. The van der Waals surface area contributed by atoms with Crippen molar-refractivity contribution in [3.63, 3.8) is 0 Å². The number of likely N-dealkylation sites (N-methyl/N-ethyl adjacent to an activating group) is 1. The van der Waals surface area contributed by atoms with E-state index in [-0.39, 0.29) is 12.0 Å². The van der Waals surface area contributed by atoms with Gasteiger partial charge in [0.25, 0.3) is 0 Å². The third kappa shape index (κ3) is 5.62. The van der Waals surface area contributed by atoms with E-state index in [0.29, 0.717) is 26.2 Å². The maximum Gasteiger partial charge on any atom is 0.234 e. The van der Waals surface area contributed by atoms with Gasteiger partial charge in [-0.15, -0.1) is 0 Å². The number of carbonyl (C=O) groups excluding carboxylic acids is 1. The maximum atomic E-state index is 12.1. The molecule has 0 saturated carbocycles. The molecule has 2 aromatic carbocycles. The number of rotatable bonds is 8. The van der Waals surface area contributed by atoms with Gasteiger partial charge in [-0.1, -0.05) is 24.3 Å². The predicted molar refractivity (Wildman–Crippen MR) is 104 cm³/mol. The van der Waals surface area contributed by atoms with Gasteiger partial charge in [0.1, 0.15) is 18.5 Å². The Bertz CT molecular complexity index is 748. The molecule has 1 atom stereocenters. The average Bonchev–Trinajstić information content (AvgIpc) is 2.68. The van der Waals surface area contributed by atoms with Crippen molar-refractivity contribution in [1.82, 2.24) is 10.2 Å². The molecule has 1 amide bonds. The van der Waals surface area contributed by atoms with Crippen molar-refractivity contribution in [3.05, 3.63) is 54.1 Å². The molecule has 1 heterocycles. The predicted octanol–water partition coefficient (Wildman–Crippen LogP) is 2.13. The highest BCUT2D eigenvalue weighted by molar-refractivity contribution is 5.77. The van der Waals surface area contributed by atoms with E-state index in [1.807, 2.05) is 60.5 Å². The second kappa shape index (κ2) is 9.28. The minimum Gasteiger partial charge on any atom is -0.497 e. The average molecular weight is 370 g/mol. The first-order valence-electron chi connectivity index (χ1n) is 9.10. The second-order valence-electron chi connectivity index (χ2n) is 6.64. The molecule has 144 valence electrons. The second-order valence-corrected chi connectivity index (χ2v) is 6.64. The molecule has 3 rings (SSSR count). The summed E-state index contributed by atoms with van der Waals surface area (Å²) < 4.78 is 16.8. The number of benzene rings is 2. The molecule has 0 spiro atoms. The Morgan fingerprint density at radius 1 is 1.19 bits per heavy atom. The fourth-order valence-electron chi connectivity index (χ4n) is 3.00. The van der Waals surface area contributed by atoms with Crippen molar-refractivity contribution in [2.75, 3.05) is 40.4 Å². The van der Waals surface area contributed by atoms with Crippen molar-refractivity contribution in [2.24, 2.45) is 0 Å². The molecule has 27 heavy (non-hydrogen) atoms. The van der Waals surface area contributed by atoms with Crippen LogP contribution in [0.1, 0.15) is 5.56 Å². The number of hydrogen-bond donors (Lipinski definition) is 1. The molecular formula is C21H26N2O4. The molecule has 1 aliphatic rings. The van der Waals surface area contributed by atoms with Crippen LogP contribution in [-0.4, -0.2) is 57.3 Å². The van der Waals surface area contributed by atoms with Crippen LogP contribution in [0.2, 0.25) is 0 Å². The first-order valence-corrected chi connectivity index (χ1v) is 9.10. The Kier molecular flexibility index (Phi) is 6.54. The zero-order valence-electron chi connectivity index (χ0n) is 15.8. The normalized spacial score (nSPS) is 15.4. The first kappa shape index (κ1) is 19.0. The van der Waals surface area contributed by atoms with Gasteiger partial charge in [0.05, 0.1) is 13.7 Å². The highest BCUT2D eigenvalue weighted by Gasteiger charge is 2.22. The molecule has 1 unspecified atom stereocenters. The van der Waals surface area contributed by atoms with E-state index in [2.05, 4.69) is 5.32 Å². The van der Waals surface area contributed by atoms with Gasteiger partial charge >= 0.3 is 0 Å². The van der Waals surface area contributed by atoms with Crippen LogP contribution < -0.4 is 19.5 Å². The molecular weight excluding hydrogens is 344 g/mol. The summed E-state index contributed by atoms with van der Waals surface area (Å²) in [6.07, 6.45) is 0.701. The Hall–Kier alpha value is -2.73. The fraction of sp³-hybridized carbons (Fsp3) is 0.381. The van der Waals surface area contributed by atoms with Gasteiger partial charge in [-0.3, -0.25) is 9.69 Å². The lowest BCUT2D eigenvalue weighted by Crippen LogP contribution is -2.43. The van der Waals surface area contributed by atoms with Crippen molar-refractivity contribution < 1.29 is 19.0 Å². The van der Waals surface area contributed by atoms with Gasteiger partial charge < -0.3 is 19.5 Å². The highest BCUT2D eigenvalue weighted by atomic mass is 16.6. The summed E-state index contributed by atoms with van der Waals surface area (Å²) in [5.74, 6) is 2.36. The van der Waals surface area contributed by atoms with Gasteiger partial charge in [-0.2, -0.15) is 0 Å². The Morgan fingerprint density at radius 2 is 1.93 bits per heavy atom. The Labute approximate surface area is 160 Å². The quantitative estimate of drug-likeness (QED) is 0.771. The Balaban J connectivity index is 1.36. The van der Waals surface area contributed by atoms with E-state index in [4.69, 9.17) is 14.2 Å². The van der Waals surface area contributed by atoms with Crippen LogP contribution in [0, 0.1) is 0 Å². The van der Waals surface area contributed by atoms with Gasteiger partial charge in [-0.25, -0.2) is 0 Å². The van der Waals surface area contributed by atoms with Crippen molar-refractivity contribution >= 4 is 5.91 Å². The van der Waals surface area contributed by atoms with Crippen LogP contribution in [0.3, 0.4) is 0 Å². The molecule has 1 N–H and O–H groups in total. The number of methoxy groups -OCH3 is 1. The number of carbonyl (C=O) groups is 1. The SMILES string of the molecule is COc1ccc(CCNC(=O)CN(C)CC2COc3ccccc3O2)cc1. The number of para-hydroxylation sites is 2. The third-order valence-electron chi connectivity index (χ3n) is 4.39. The minimum atomic E-state index is -0.0861. The molecule has 0 fully saturated rings. The van der Waals surface area contributed by atoms with Crippen LogP contribution in [-0.2, 0) is 11.2 Å². The largest absolute Gasteiger partial charge is 0.497 e. The lowest BCUT2D eigenvalue weighted by atomic mass is 10.1. The third-order valence-corrected chi connectivity index (χ3v) is 4.39. The van der Waals surface area contributed by atoms with Crippen LogP contribution in [0.15, 0.2) is 48.5 Å². The number of nitrogens with one attached hydrogen (secondary N) is 1. The van der Waals surface area contributed by atoms with Gasteiger partial charge in [0, 0.05) is 13.1 Å². The topological polar surface area (TPSA) is 60.0 Å². The van der Waals surface area contributed by atoms with Crippen molar-refractivity contribution in [1.29, 1.82) is 0 Å². The zero-order chi connectivity index (χ0) is 19.1. The lowest BCUT2D eigenvalue weighted by molar-refractivity contribution is -0.122. The molecule has 0 radical (unpaired) electrons. The number of fused-ring (bicyclic) bond motifs is 1. The van der Waals surface area contributed by atoms with E-state index in [1.165, 1.54) is 0 Å². The molecule has 0 saturated heterocycles. The monoisotopic (exact) mass is 370 g/mol. The number of hydrogen-bond acceptors (Lipinski definition) is 5. The molecule has 6 nitrogen and oxygen atoms in total. The smallest absolute Gasteiger partial charge is 0.234 e. The number of ether oxygens (including phenoxy) is 3. The molecule has 0 bridgehead atoms. The summed E-state index contributed by atoms with van der Waals surface area (Å²) in [4.78, 5) is 14.1. The van der Waals surface area contributed by atoms with Crippen LogP contribution >= 0.6 is 0 Å². The van der Waals surface area contributed by atoms with Crippen LogP contribution in [0.5, 0.6) is 17.2 Å². The van der Waals surface area contributed by atoms with Gasteiger partial charge in [-0.05, 0) is 43.3 Å². The van der Waals surface area contributed by atoms with Crippen molar-refractivity contribution in [3.8, 4) is 17.2 Å². The fourth-order valence-corrected chi connectivity index (χ4v) is 3.00. The lowest BCUT2D eigenvalue weighted by Gasteiger charge is -2.29. The summed E-state index contributed by atoms with van der Waals surface area (Å²) in [7, 11) is 3.56. The molecule has 1 aliphatic heterocycles. The van der Waals surface area contributed by atoms with Gasteiger partial charge in [0.2, 0.25) is 5.91 Å². The first-order chi connectivity index (χ1) is 13.1. The van der Waals surface area contributed by atoms with Crippen LogP contribution in [0.25, 0.3) is 0 Å². The Morgan fingerprint density at radius 3 is 2.67 bits per heavy atom. The molecule has 2 aromatic rings. The van der Waals surface area contributed by atoms with Gasteiger partial charge in [0.15, 0.2) is 11.5 Å². The standard InChI is InChI=1S/C21H26N2O4/c1-23(13-18-15-26-19-5-3-4-6-20(19)27-18)14-21(24)22-12-11-16-7-9-17(25-2)10-8-16/h3-10,18H,11-15H2,1-2H3,(H,22,24). The molecule has 0 aliphatic carbocycles. The van der Waals surface area contributed by atoms with Crippen molar-refractivity contribution in [2.45, 2.75) is 12.5 Å². The summed E-state index contributed by atoms with van der Waals surface area (Å²) >= 11 is 0. The zero-order valence-corrected chi connectivity index (χ0v) is 15.8. The molecule has 0 aromatic heterocycles. The minimum absolute atomic E-state index is 0.00291. The van der Waals surface area contributed by atoms with E-state index < -0.39 is 0 Å². The maximum absolute atomic E-state index is 12.1. The van der Waals surface area contributed by atoms with E-state index in [9.17, 15) is 4.79 Å². The van der Waals surface area contributed by atoms with E-state index in [1.54, 1.807) is 7.11 Å². The van der Waals surface area contributed by atoms with E-state index >= 15 is 0 Å². The summed E-state index contributed by atoms with van der Waals surface area (Å²) in [6.45, 7) is 2.04. The van der Waals surface area contributed by atoms with Crippen LogP contribution in [0.4, 0.5) is 0 Å². The summed E-state index contributed by atoms with van der Waals surface area (Å²) in [5, 5.41) is 2.96. The van der Waals surface area contributed by atoms with E-state index in [0.717, 1.165) is 29.2 Å². The highest BCUT2D eigenvalue weighted by Crippen LogP contribution is 2.30. The number of nitrogens with zero attached hydrogens (tertiary/aromatic N) is 1.